The highest BCUT2D eigenvalue weighted by atomic mass is 79.9. The maximum absolute atomic E-state index is 13.1. The molecule has 2 rings (SSSR count). The van der Waals surface area contributed by atoms with E-state index in [4.69, 9.17) is 11.6 Å². The minimum Gasteiger partial charge on any atom is -0.322 e. The molecule has 0 unspecified atom stereocenters. The Morgan fingerprint density at radius 1 is 1.29 bits per heavy atom. The molecule has 8 heteroatoms. The van der Waals surface area contributed by atoms with Crippen LogP contribution in [-0.2, 0) is 0 Å². The minimum atomic E-state index is -0.673. The van der Waals surface area contributed by atoms with Crippen molar-refractivity contribution in [2.24, 2.45) is 0 Å². The van der Waals surface area contributed by atoms with Crippen LogP contribution in [0, 0.1) is 15.9 Å². The Labute approximate surface area is 132 Å². The van der Waals surface area contributed by atoms with E-state index >= 15 is 0 Å². The lowest BCUT2D eigenvalue weighted by molar-refractivity contribution is -0.384. The molecule has 5 nitrogen and oxygen atoms in total. The zero-order chi connectivity index (χ0) is 15.6. The lowest BCUT2D eigenvalue weighted by Gasteiger charge is -2.06. The number of amides is 1. The summed E-state index contributed by atoms with van der Waals surface area (Å²) in [7, 11) is 0. The molecule has 0 fully saturated rings. The summed E-state index contributed by atoms with van der Waals surface area (Å²) in [4.78, 5) is 22.1. The number of rotatable bonds is 3. The van der Waals surface area contributed by atoms with Crippen LogP contribution in [0.25, 0.3) is 0 Å². The summed E-state index contributed by atoms with van der Waals surface area (Å²) in [5, 5.41) is 13.2. The molecule has 108 valence electrons. The molecule has 21 heavy (non-hydrogen) atoms. The summed E-state index contributed by atoms with van der Waals surface area (Å²) < 4.78 is 13.3. The van der Waals surface area contributed by atoms with Crippen LogP contribution < -0.4 is 5.32 Å². The first-order valence-corrected chi connectivity index (χ1v) is 6.76. The van der Waals surface area contributed by atoms with Crippen molar-refractivity contribution < 1.29 is 14.1 Å². The number of nitrogens with zero attached hydrogens (tertiary/aromatic N) is 1. The van der Waals surface area contributed by atoms with E-state index in [1.807, 2.05) is 0 Å². The highest BCUT2D eigenvalue weighted by molar-refractivity contribution is 9.10. The van der Waals surface area contributed by atoms with Crippen molar-refractivity contribution in [1.29, 1.82) is 0 Å². The predicted molar refractivity (Wildman–Crippen MR) is 80.2 cm³/mol. The quantitative estimate of drug-likeness (QED) is 0.640. The number of hydrogen-bond donors (Lipinski definition) is 1. The zero-order valence-corrected chi connectivity index (χ0v) is 12.6. The van der Waals surface area contributed by atoms with Gasteiger partial charge >= 0.3 is 0 Å². The van der Waals surface area contributed by atoms with Gasteiger partial charge in [-0.3, -0.25) is 14.9 Å². The van der Waals surface area contributed by atoms with Crippen LogP contribution in [0.5, 0.6) is 0 Å². The molecule has 0 aliphatic rings. The summed E-state index contributed by atoms with van der Waals surface area (Å²) in [5.41, 5.74) is 0.0713. The van der Waals surface area contributed by atoms with Crippen molar-refractivity contribution in [3.05, 3.63) is 67.4 Å². The number of anilines is 1. The van der Waals surface area contributed by atoms with Gasteiger partial charge in [0.05, 0.1) is 9.40 Å². The molecule has 0 atom stereocenters. The molecular weight excluding hydrogens is 367 g/mol. The van der Waals surface area contributed by atoms with Gasteiger partial charge in [0, 0.05) is 17.3 Å². The third-order valence-corrected chi connectivity index (χ3v) is 3.51. The second-order valence-corrected chi connectivity index (χ2v) is 5.27. The average molecular weight is 374 g/mol. The number of nitro groups is 1. The van der Waals surface area contributed by atoms with Gasteiger partial charge in [-0.25, -0.2) is 4.39 Å². The first kappa shape index (κ1) is 15.4. The summed E-state index contributed by atoms with van der Waals surface area (Å²) >= 11 is 8.67. The van der Waals surface area contributed by atoms with Gasteiger partial charge in [0.2, 0.25) is 0 Å². The molecule has 0 saturated carbocycles. The van der Waals surface area contributed by atoms with Gasteiger partial charge in [-0.05, 0) is 46.3 Å². The lowest BCUT2D eigenvalue weighted by Crippen LogP contribution is -2.12. The normalized spacial score (nSPS) is 10.2. The van der Waals surface area contributed by atoms with E-state index in [2.05, 4.69) is 21.2 Å². The van der Waals surface area contributed by atoms with Crippen LogP contribution in [0.4, 0.5) is 15.8 Å². The van der Waals surface area contributed by atoms with Crippen molar-refractivity contribution in [1.82, 2.24) is 0 Å². The van der Waals surface area contributed by atoms with Crippen molar-refractivity contribution >= 4 is 44.8 Å². The maximum atomic E-state index is 13.1. The minimum absolute atomic E-state index is 0.0546. The van der Waals surface area contributed by atoms with Crippen molar-refractivity contribution in [2.75, 3.05) is 5.32 Å². The number of carbonyl (C=O) groups is 1. The number of benzene rings is 2. The maximum Gasteiger partial charge on any atom is 0.288 e. The summed E-state index contributed by atoms with van der Waals surface area (Å²) in [6.45, 7) is 0. The average Bonchev–Trinajstić information content (AvgIpc) is 2.43. The molecule has 0 heterocycles. The SMILES string of the molecule is O=C(Nc1ccc(F)c(Br)c1)c1ccc(Cl)c([N+](=O)[O-])c1. The fourth-order valence-electron chi connectivity index (χ4n) is 1.57. The van der Waals surface area contributed by atoms with Gasteiger partial charge < -0.3 is 5.32 Å². The van der Waals surface area contributed by atoms with Gasteiger partial charge in [-0.15, -0.1) is 0 Å². The molecule has 0 aromatic heterocycles. The second-order valence-electron chi connectivity index (χ2n) is 4.01. The van der Waals surface area contributed by atoms with E-state index in [-0.39, 0.29) is 20.7 Å². The van der Waals surface area contributed by atoms with Crippen molar-refractivity contribution in [3.8, 4) is 0 Å². The summed E-state index contributed by atoms with van der Waals surface area (Å²) in [6, 6.07) is 7.67. The number of nitro benzene ring substituents is 1. The first-order valence-electron chi connectivity index (χ1n) is 5.59. The Hall–Kier alpha value is -1.99. The third-order valence-electron chi connectivity index (χ3n) is 2.58. The molecule has 2 aromatic rings. The Balaban J connectivity index is 2.26. The smallest absolute Gasteiger partial charge is 0.288 e. The van der Waals surface area contributed by atoms with E-state index in [1.165, 1.54) is 30.3 Å². The van der Waals surface area contributed by atoms with Crippen LogP contribution in [0.3, 0.4) is 0 Å². The molecule has 1 amide bonds. The molecule has 0 aliphatic carbocycles. The van der Waals surface area contributed by atoms with E-state index < -0.39 is 16.6 Å². The molecule has 0 spiro atoms. The fraction of sp³-hybridized carbons (Fsp3) is 0. The largest absolute Gasteiger partial charge is 0.322 e. The van der Waals surface area contributed by atoms with Crippen LogP contribution in [-0.4, -0.2) is 10.8 Å². The predicted octanol–water partition coefficient (Wildman–Crippen LogP) is 4.40. The monoisotopic (exact) mass is 372 g/mol. The molecule has 0 aliphatic heterocycles. The third kappa shape index (κ3) is 3.56. The van der Waals surface area contributed by atoms with E-state index in [0.29, 0.717) is 5.69 Å². The van der Waals surface area contributed by atoms with Crippen molar-refractivity contribution in [3.63, 3.8) is 0 Å². The second kappa shape index (κ2) is 6.19. The van der Waals surface area contributed by atoms with Gasteiger partial charge in [-0.1, -0.05) is 11.6 Å². The molecular formula is C13H7BrClFN2O3. The Morgan fingerprint density at radius 3 is 2.62 bits per heavy atom. The topological polar surface area (TPSA) is 72.2 Å². The van der Waals surface area contributed by atoms with Crippen LogP contribution >= 0.6 is 27.5 Å². The lowest BCUT2D eigenvalue weighted by atomic mass is 10.2. The number of halogens is 3. The summed E-state index contributed by atoms with van der Waals surface area (Å²) in [5.74, 6) is -1.02. The summed E-state index contributed by atoms with van der Waals surface area (Å²) in [6.07, 6.45) is 0. The van der Waals surface area contributed by atoms with E-state index in [9.17, 15) is 19.3 Å². The van der Waals surface area contributed by atoms with Gasteiger partial charge in [-0.2, -0.15) is 0 Å². The van der Waals surface area contributed by atoms with E-state index in [1.54, 1.807) is 0 Å². The molecule has 0 bridgehead atoms. The van der Waals surface area contributed by atoms with Crippen LogP contribution in [0.2, 0.25) is 5.02 Å². The number of nitrogens with one attached hydrogen (secondary N) is 1. The van der Waals surface area contributed by atoms with Crippen LogP contribution in [0.15, 0.2) is 40.9 Å². The number of carbonyl (C=O) groups excluding carboxylic acids is 1. The highest BCUT2D eigenvalue weighted by Crippen LogP contribution is 2.26. The zero-order valence-electron chi connectivity index (χ0n) is 10.3. The number of hydrogen-bond acceptors (Lipinski definition) is 3. The molecule has 1 N–H and O–H groups in total. The molecule has 0 radical (unpaired) electrons. The highest BCUT2D eigenvalue weighted by Gasteiger charge is 2.16. The molecule has 0 saturated heterocycles. The first-order chi connectivity index (χ1) is 9.88. The van der Waals surface area contributed by atoms with E-state index in [0.717, 1.165) is 6.07 Å². The van der Waals surface area contributed by atoms with Gasteiger partial charge in [0.25, 0.3) is 11.6 Å². The van der Waals surface area contributed by atoms with Gasteiger partial charge in [0.1, 0.15) is 10.8 Å². The Morgan fingerprint density at radius 2 is 2.00 bits per heavy atom. The standard InChI is InChI=1S/C13H7BrClFN2O3/c14-9-6-8(2-4-11(9)16)17-13(19)7-1-3-10(15)12(5-7)18(20)21/h1-6H,(H,17,19). The Bertz CT molecular complexity index is 739. The fourth-order valence-corrected chi connectivity index (χ4v) is 2.14. The molecule has 2 aromatic carbocycles. The Kier molecular flexibility index (Phi) is 4.54. The van der Waals surface area contributed by atoms with Gasteiger partial charge in [0.15, 0.2) is 0 Å². The van der Waals surface area contributed by atoms with Crippen molar-refractivity contribution in [2.45, 2.75) is 0 Å². The van der Waals surface area contributed by atoms with Crippen LogP contribution in [0.1, 0.15) is 10.4 Å².